The van der Waals surface area contributed by atoms with E-state index in [4.69, 9.17) is 0 Å². The summed E-state index contributed by atoms with van der Waals surface area (Å²) in [5.74, 6) is 0. The Hall–Kier alpha value is 0.130. The van der Waals surface area contributed by atoms with Crippen LogP contribution in [0.5, 0.6) is 0 Å². The molecule has 1 atom stereocenters. The monoisotopic (exact) mass is 171 g/mol. The van der Waals surface area contributed by atoms with E-state index >= 15 is 0 Å². The quantitative estimate of drug-likeness (QED) is 0.399. The van der Waals surface area contributed by atoms with Gasteiger partial charge in [0.2, 0.25) is 0 Å². The molecule has 1 unspecified atom stereocenters. The number of nitrogens with zero attached hydrogens (tertiary/aromatic N) is 1. The lowest BCUT2D eigenvalue weighted by Gasteiger charge is -2.26. The van der Waals surface area contributed by atoms with Crippen molar-refractivity contribution in [2.24, 2.45) is 5.41 Å². The van der Waals surface area contributed by atoms with Gasteiger partial charge in [-0.05, 0) is 18.3 Å². The molecule has 1 aliphatic rings. The van der Waals surface area contributed by atoms with Gasteiger partial charge in [-0.3, -0.25) is 4.67 Å². The highest BCUT2D eigenvalue weighted by atomic mass is 31.0. The third-order valence-electron chi connectivity index (χ3n) is 2.11. The standard InChI is InChI=1S/C9H18NP/c1-8-4-5-10(11)7-9(2,3)6-8/h1,4-7,11H2,2-3H3. The molecule has 0 radical (unpaired) electrons. The molecule has 1 saturated heterocycles. The fourth-order valence-electron chi connectivity index (χ4n) is 1.75. The van der Waals surface area contributed by atoms with Gasteiger partial charge in [-0.25, -0.2) is 0 Å². The van der Waals surface area contributed by atoms with E-state index in [2.05, 4.69) is 34.5 Å². The smallest absolute Gasteiger partial charge is 0.00707 e. The third kappa shape index (κ3) is 2.92. The Kier molecular flexibility index (Phi) is 2.72. The number of rotatable bonds is 0. The zero-order valence-corrected chi connectivity index (χ0v) is 8.71. The topological polar surface area (TPSA) is 3.24 Å². The highest BCUT2D eigenvalue weighted by Gasteiger charge is 2.24. The average Bonchev–Trinajstić information content (AvgIpc) is 1.89. The van der Waals surface area contributed by atoms with Gasteiger partial charge in [0.05, 0.1) is 0 Å². The fourth-order valence-corrected chi connectivity index (χ4v) is 2.37. The largest absolute Gasteiger partial charge is 0.287 e. The maximum absolute atomic E-state index is 4.07. The minimum Gasteiger partial charge on any atom is -0.287 e. The Morgan fingerprint density at radius 1 is 1.55 bits per heavy atom. The summed E-state index contributed by atoms with van der Waals surface area (Å²) in [5.41, 5.74) is 1.81. The van der Waals surface area contributed by atoms with E-state index in [-0.39, 0.29) is 0 Å². The molecule has 1 heterocycles. The van der Waals surface area contributed by atoms with Gasteiger partial charge in [-0.1, -0.05) is 35.4 Å². The van der Waals surface area contributed by atoms with Gasteiger partial charge in [0, 0.05) is 13.1 Å². The lowest BCUT2D eigenvalue weighted by molar-refractivity contribution is 0.295. The summed E-state index contributed by atoms with van der Waals surface area (Å²) in [6, 6.07) is 0. The van der Waals surface area contributed by atoms with Crippen LogP contribution in [-0.2, 0) is 0 Å². The molecule has 1 aliphatic heterocycles. The van der Waals surface area contributed by atoms with E-state index in [1.54, 1.807) is 0 Å². The molecule has 0 aromatic carbocycles. The van der Waals surface area contributed by atoms with Gasteiger partial charge >= 0.3 is 0 Å². The van der Waals surface area contributed by atoms with Crippen molar-refractivity contribution < 1.29 is 0 Å². The molecule has 0 aromatic heterocycles. The van der Waals surface area contributed by atoms with Crippen LogP contribution in [0.2, 0.25) is 0 Å². The van der Waals surface area contributed by atoms with Crippen molar-refractivity contribution in [3.63, 3.8) is 0 Å². The van der Waals surface area contributed by atoms with Crippen molar-refractivity contribution in [3.05, 3.63) is 12.2 Å². The molecule has 64 valence electrons. The van der Waals surface area contributed by atoms with E-state index in [1.165, 1.54) is 12.0 Å². The summed E-state index contributed by atoms with van der Waals surface area (Å²) in [6.45, 7) is 11.0. The van der Waals surface area contributed by atoms with Gasteiger partial charge in [-0.2, -0.15) is 0 Å². The van der Waals surface area contributed by atoms with Gasteiger partial charge < -0.3 is 0 Å². The molecule has 11 heavy (non-hydrogen) atoms. The molecule has 2 heteroatoms. The predicted molar refractivity (Wildman–Crippen MR) is 53.4 cm³/mol. The molecule has 0 amide bonds. The van der Waals surface area contributed by atoms with Crippen LogP contribution < -0.4 is 0 Å². The van der Waals surface area contributed by atoms with Crippen molar-refractivity contribution in [3.8, 4) is 0 Å². The summed E-state index contributed by atoms with van der Waals surface area (Å²) in [6.07, 6.45) is 2.34. The van der Waals surface area contributed by atoms with Crippen LogP contribution in [0.4, 0.5) is 0 Å². The maximum atomic E-state index is 4.07. The molecule has 1 rings (SSSR count). The van der Waals surface area contributed by atoms with Crippen LogP contribution in [-0.4, -0.2) is 17.8 Å². The predicted octanol–water partition coefficient (Wildman–Crippen LogP) is 2.45. The van der Waals surface area contributed by atoms with Crippen molar-refractivity contribution >= 4 is 9.39 Å². The molecule has 1 nitrogen and oxygen atoms in total. The Bertz CT molecular complexity index is 163. The highest BCUT2D eigenvalue weighted by molar-refractivity contribution is 7.13. The second-order valence-corrected chi connectivity index (χ2v) is 5.04. The van der Waals surface area contributed by atoms with Crippen LogP contribution in [0.15, 0.2) is 12.2 Å². The van der Waals surface area contributed by atoms with E-state index in [0.29, 0.717) is 5.41 Å². The van der Waals surface area contributed by atoms with Crippen LogP contribution in [0.3, 0.4) is 0 Å². The summed E-state index contributed by atoms with van der Waals surface area (Å²) >= 11 is 0. The first-order valence-electron chi connectivity index (χ1n) is 4.16. The summed E-state index contributed by atoms with van der Waals surface area (Å²) in [4.78, 5) is 0. The second-order valence-electron chi connectivity index (χ2n) is 4.31. The molecule has 0 aromatic rings. The molecular weight excluding hydrogens is 153 g/mol. The minimum atomic E-state index is 0.412. The van der Waals surface area contributed by atoms with Crippen LogP contribution in [0.25, 0.3) is 0 Å². The number of hydrogen-bond donors (Lipinski definition) is 0. The first kappa shape index (κ1) is 9.22. The summed E-state index contributed by atoms with van der Waals surface area (Å²) in [5, 5.41) is 0. The molecule has 0 saturated carbocycles. The zero-order chi connectivity index (χ0) is 8.48. The summed E-state index contributed by atoms with van der Waals surface area (Å²) < 4.78 is 2.32. The lowest BCUT2D eigenvalue weighted by Crippen LogP contribution is -2.25. The average molecular weight is 171 g/mol. The van der Waals surface area contributed by atoms with E-state index in [9.17, 15) is 0 Å². The van der Waals surface area contributed by atoms with Crippen molar-refractivity contribution in [1.82, 2.24) is 4.67 Å². The third-order valence-corrected chi connectivity index (χ3v) is 2.55. The van der Waals surface area contributed by atoms with E-state index in [0.717, 1.165) is 19.5 Å². The SMILES string of the molecule is C=C1CCN(P)CC(C)(C)C1. The molecule has 0 bridgehead atoms. The van der Waals surface area contributed by atoms with Gasteiger partial charge in [0.1, 0.15) is 0 Å². The molecule has 0 spiro atoms. The summed E-state index contributed by atoms with van der Waals surface area (Å²) in [7, 11) is 2.79. The maximum Gasteiger partial charge on any atom is 0.00707 e. The van der Waals surface area contributed by atoms with Crippen molar-refractivity contribution in [2.45, 2.75) is 26.7 Å². The Morgan fingerprint density at radius 3 is 2.82 bits per heavy atom. The number of hydrogen-bond acceptors (Lipinski definition) is 1. The zero-order valence-electron chi connectivity index (χ0n) is 7.56. The molecule has 0 N–H and O–H groups in total. The van der Waals surface area contributed by atoms with Crippen LogP contribution in [0, 0.1) is 5.41 Å². The minimum absolute atomic E-state index is 0.412. The van der Waals surface area contributed by atoms with Gasteiger partial charge in [-0.15, -0.1) is 0 Å². The van der Waals surface area contributed by atoms with Crippen molar-refractivity contribution in [1.29, 1.82) is 0 Å². The normalized spacial score (nSPS) is 26.6. The Balaban J connectivity index is 2.63. The first-order chi connectivity index (χ1) is 4.99. The molecular formula is C9H18NP. The van der Waals surface area contributed by atoms with Crippen LogP contribution in [0.1, 0.15) is 26.7 Å². The Labute approximate surface area is 72.1 Å². The lowest BCUT2D eigenvalue weighted by atomic mass is 9.86. The van der Waals surface area contributed by atoms with Crippen molar-refractivity contribution in [2.75, 3.05) is 13.1 Å². The molecule has 0 aliphatic carbocycles. The fraction of sp³-hybridized carbons (Fsp3) is 0.778. The highest BCUT2D eigenvalue weighted by Crippen LogP contribution is 2.31. The van der Waals surface area contributed by atoms with Gasteiger partial charge in [0.15, 0.2) is 0 Å². The van der Waals surface area contributed by atoms with E-state index < -0.39 is 0 Å². The first-order valence-corrected chi connectivity index (χ1v) is 4.67. The van der Waals surface area contributed by atoms with Gasteiger partial charge in [0.25, 0.3) is 0 Å². The second kappa shape index (κ2) is 3.25. The Morgan fingerprint density at radius 2 is 2.18 bits per heavy atom. The molecule has 1 fully saturated rings. The van der Waals surface area contributed by atoms with Crippen LogP contribution >= 0.6 is 9.39 Å². The van der Waals surface area contributed by atoms with E-state index in [1.807, 2.05) is 0 Å².